The molecule has 4 fully saturated rings. The van der Waals surface area contributed by atoms with Crippen LogP contribution in [-0.4, -0.2) is 86.9 Å². The lowest BCUT2D eigenvalue weighted by molar-refractivity contribution is 0.0122. The first-order valence-corrected chi connectivity index (χ1v) is 14.2. The largest absolute Gasteiger partial charge is 0.461 e. The number of piperidine rings is 1. The number of anilines is 1. The highest BCUT2D eigenvalue weighted by Crippen LogP contribution is 2.41. The summed E-state index contributed by atoms with van der Waals surface area (Å²) in [7, 11) is 0. The molecule has 0 saturated carbocycles. The summed E-state index contributed by atoms with van der Waals surface area (Å²) in [4.78, 5) is 32.7. The van der Waals surface area contributed by atoms with Gasteiger partial charge in [-0.25, -0.2) is 14.2 Å². The van der Waals surface area contributed by atoms with Crippen molar-refractivity contribution in [1.82, 2.24) is 24.8 Å². The van der Waals surface area contributed by atoms with Gasteiger partial charge in [0, 0.05) is 25.8 Å². The van der Waals surface area contributed by atoms with E-state index >= 15 is 4.39 Å². The molecule has 0 spiro atoms. The fraction of sp³-hybridized carbons (Fsp3) is 0.643. The van der Waals surface area contributed by atoms with Crippen molar-refractivity contribution in [1.29, 1.82) is 0 Å². The lowest BCUT2D eigenvalue weighted by Crippen LogP contribution is -2.57. The number of piperazine rings is 1. The third-order valence-electron chi connectivity index (χ3n) is 8.51. The summed E-state index contributed by atoms with van der Waals surface area (Å²) in [5, 5.41) is 0.234. The summed E-state index contributed by atoms with van der Waals surface area (Å²) in [6.07, 6.45) is 6.99. The maximum absolute atomic E-state index is 15.2. The number of fused-ring (bicyclic) bond motifs is 4. The highest BCUT2D eigenvalue weighted by molar-refractivity contribution is 6.30. The molecule has 2 aromatic rings. The Bertz CT molecular complexity index is 1300. The van der Waals surface area contributed by atoms with Gasteiger partial charge < -0.3 is 14.4 Å². The molecule has 9 nitrogen and oxygen atoms in total. The van der Waals surface area contributed by atoms with Crippen LogP contribution < -0.4 is 9.64 Å². The van der Waals surface area contributed by atoms with Gasteiger partial charge in [0.25, 0.3) is 0 Å². The summed E-state index contributed by atoms with van der Waals surface area (Å²) >= 11 is 6.05. The van der Waals surface area contributed by atoms with Crippen LogP contribution in [0.5, 0.6) is 6.01 Å². The van der Waals surface area contributed by atoms with Crippen molar-refractivity contribution in [3.63, 3.8) is 0 Å². The Balaban J connectivity index is 1.30. The molecule has 0 aliphatic carbocycles. The zero-order chi connectivity index (χ0) is 27.5. The lowest BCUT2D eigenvalue weighted by Gasteiger charge is -2.43. The summed E-state index contributed by atoms with van der Waals surface area (Å²) in [6.45, 7) is 13.4. The molecule has 3 unspecified atom stereocenters. The van der Waals surface area contributed by atoms with Gasteiger partial charge in [-0.1, -0.05) is 23.8 Å². The molecule has 11 heteroatoms. The van der Waals surface area contributed by atoms with Gasteiger partial charge in [0.2, 0.25) is 0 Å². The summed E-state index contributed by atoms with van der Waals surface area (Å²) in [6, 6.07) is 0.0625. The predicted octanol–water partition coefficient (Wildman–Crippen LogP) is 4.97. The monoisotopic (exact) mass is 558 g/mol. The number of carbonyl (C=O) groups excluding carboxylic acids is 1. The van der Waals surface area contributed by atoms with Gasteiger partial charge in [0.1, 0.15) is 23.5 Å². The first-order chi connectivity index (χ1) is 18.5. The predicted molar refractivity (Wildman–Crippen MR) is 147 cm³/mol. The summed E-state index contributed by atoms with van der Waals surface area (Å²) in [5.41, 5.74) is 0.634. The van der Waals surface area contributed by atoms with E-state index in [0.717, 1.165) is 51.6 Å². The molecular formula is C28H36ClFN6O3. The number of amides is 1. The van der Waals surface area contributed by atoms with Gasteiger partial charge in [-0.05, 0) is 65.8 Å². The van der Waals surface area contributed by atoms with Crippen LogP contribution in [0.25, 0.3) is 10.9 Å². The highest BCUT2D eigenvalue weighted by atomic mass is 35.5. The number of carbonyl (C=O) groups is 1. The molecule has 4 saturated heterocycles. The van der Waals surface area contributed by atoms with Crippen molar-refractivity contribution < 1.29 is 18.7 Å². The molecule has 1 amide bonds. The second-order valence-electron chi connectivity index (χ2n) is 12.4. The van der Waals surface area contributed by atoms with Crippen LogP contribution in [-0.2, 0) is 4.74 Å². The van der Waals surface area contributed by atoms with Gasteiger partial charge in [-0.2, -0.15) is 9.97 Å². The van der Waals surface area contributed by atoms with E-state index in [4.69, 9.17) is 26.1 Å². The second kappa shape index (κ2) is 9.73. The van der Waals surface area contributed by atoms with Crippen LogP contribution in [0.15, 0.2) is 18.3 Å². The van der Waals surface area contributed by atoms with E-state index in [1.807, 2.05) is 25.7 Å². The van der Waals surface area contributed by atoms with Crippen LogP contribution in [0.3, 0.4) is 0 Å². The van der Waals surface area contributed by atoms with E-state index < -0.39 is 11.4 Å². The second-order valence-corrected chi connectivity index (χ2v) is 12.8. The fourth-order valence-electron chi connectivity index (χ4n) is 6.80. The minimum Gasteiger partial charge on any atom is -0.461 e. The van der Waals surface area contributed by atoms with Gasteiger partial charge in [0.05, 0.1) is 23.0 Å². The SMILES string of the molecule is C=C1CCN2CCCC2(COc2nc(N3CC4CCC(C3)N4C(=O)OC(C)(C)C)c3cnc(Cl)c(F)c3n2)C1. The van der Waals surface area contributed by atoms with Crippen molar-refractivity contribution >= 4 is 34.4 Å². The average Bonchev–Trinajstić information content (AvgIpc) is 3.41. The molecule has 6 heterocycles. The maximum Gasteiger partial charge on any atom is 0.410 e. The molecule has 0 N–H and O–H groups in total. The van der Waals surface area contributed by atoms with Gasteiger partial charge in [0.15, 0.2) is 11.0 Å². The summed E-state index contributed by atoms with van der Waals surface area (Å²) < 4.78 is 27.2. The van der Waals surface area contributed by atoms with Crippen LogP contribution in [0, 0.1) is 5.82 Å². The number of rotatable bonds is 4. The minimum atomic E-state index is -0.690. The number of pyridine rings is 1. The van der Waals surface area contributed by atoms with E-state index in [1.165, 1.54) is 11.8 Å². The highest BCUT2D eigenvalue weighted by Gasteiger charge is 2.46. The standard InChI is InChI=1S/C28H36ClFN6O3/c1-17-8-11-35-10-5-9-28(35,12-17)16-38-25-32-22-20(13-31-23(29)21(22)30)24(33-25)34-14-18-6-7-19(15-34)36(18)26(37)39-27(2,3)4/h13,18-19H,1,5-12,14-16H2,2-4H3. The summed E-state index contributed by atoms with van der Waals surface area (Å²) in [5.74, 6) is -0.141. The molecule has 6 rings (SSSR count). The molecule has 210 valence electrons. The van der Waals surface area contributed by atoms with E-state index in [1.54, 1.807) is 0 Å². The van der Waals surface area contributed by atoms with Gasteiger partial charge in [-0.3, -0.25) is 9.80 Å². The Kier molecular flexibility index (Phi) is 6.61. The van der Waals surface area contributed by atoms with Crippen LogP contribution in [0.4, 0.5) is 15.0 Å². The third kappa shape index (κ3) is 4.90. The first-order valence-electron chi connectivity index (χ1n) is 13.9. The average molecular weight is 559 g/mol. The normalized spacial score (nSPS) is 27.3. The Morgan fingerprint density at radius 1 is 1.23 bits per heavy atom. The van der Waals surface area contributed by atoms with Crippen LogP contribution in [0.2, 0.25) is 5.15 Å². The topological polar surface area (TPSA) is 83.9 Å². The van der Waals surface area contributed by atoms with Gasteiger partial charge >= 0.3 is 12.1 Å². The van der Waals surface area contributed by atoms with Crippen molar-refractivity contribution in [3.05, 3.63) is 29.3 Å². The molecule has 3 atom stereocenters. The van der Waals surface area contributed by atoms with Crippen molar-refractivity contribution in [2.24, 2.45) is 0 Å². The lowest BCUT2D eigenvalue weighted by atomic mass is 9.85. The Morgan fingerprint density at radius 2 is 1.97 bits per heavy atom. The zero-order valence-corrected chi connectivity index (χ0v) is 23.6. The van der Waals surface area contributed by atoms with E-state index in [-0.39, 0.29) is 40.4 Å². The van der Waals surface area contributed by atoms with Crippen LogP contribution in [0.1, 0.15) is 59.3 Å². The van der Waals surface area contributed by atoms with Crippen molar-refractivity contribution in [2.75, 3.05) is 37.7 Å². The number of hydrogen-bond donors (Lipinski definition) is 0. The van der Waals surface area contributed by atoms with E-state index in [2.05, 4.69) is 26.3 Å². The Labute approximate surface area is 233 Å². The number of halogens is 2. The van der Waals surface area contributed by atoms with E-state index in [9.17, 15) is 4.79 Å². The number of aromatic nitrogens is 3. The van der Waals surface area contributed by atoms with E-state index in [0.29, 0.717) is 30.9 Å². The fourth-order valence-corrected chi connectivity index (χ4v) is 6.94. The van der Waals surface area contributed by atoms with Crippen molar-refractivity contribution in [3.8, 4) is 6.01 Å². The quantitative estimate of drug-likeness (QED) is 0.384. The molecule has 2 bridgehead atoms. The maximum atomic E-state index is 15.2. The molecule has 0 aromatic carbocycles. The molecule has 4 aliphatic rings. The first kappa shape index (κ1) is 26.5. The van der Waals surface area contributed by atoms with Gasteiger partial charge in [-0.15, -0.1) is 0 Å². The molecule has 4 aliphatic heterocycles. The third-order valence-corrected chi connectivity index (χ3v) is 8.78. The number of nitrogens with zero attached hydrogens (tertiary/aromatic N) is 6. The minimum absolute atomic E-state index is 0.0303. The molecular weight excluding hydrogens is 523 g/mol. The number of ether oxygens (including phenoxy) is 2. The Morgan fingerprint density at radius 3 is 2.69 bits per heavy atom. The smallest absolute Gasteiger partial charge is 0.410 e. The zero-order valence-electron chi connectivity index (χ0n) is 22.9. The van der Waals surface area contributed by atoms with Crippen molar-refractivity contribution in [2.45, 2.75) is 82.5 Å². The van der Waals surface area contributed by atoms with Crippen LogP contribution >= 0.6 is 11.6 Å². The molecule has 2 aromatic heterocycles. The number of hydrogen-bond acceptors (Lipinski definition) is 8. The Hall–Kier alpha value is -2.72. The molecule has 0 radical (unpaired) electrons. The molecule has 39 heavy (non-hydrogen) atoms.